The van der Waals surface area contributed by atoms with Gasteiger partial charge in [-0.2, -0.15) is 11.8 Å². The molecule has 1 amide bonds. The quantitative estimate of drug-likeness (QED) is 0.221. The molecule has 226 valence electrons. The van der Waals surface area contributed by atoms with Crippen LogP contribution in [0.5, 0.6) is 0 Å². The zero-order valence-corrected chi connectivity index (χ0v) is 27.6. The van der Waals surface area contributed by atoms with Gasteiger partial charge in [0.1, 0.15) is 0 Å². The molecule has 0 saturated heterocycles. The van der Waals surface area contributed by atoms with E-state index in [2.05, 4.69) is 59.1 Å². The second-order valence-corrected chi connectivity index (χ2v) is 17.4. The highest BCUT2D eigenvalue weighted by Gasteiger charge is 2.60. The van der Waals surface area contributed by atoms with Crippen LogP contribution in [0.1, 0.15) is 132 Å². The molecule has 0 unspecified atom stereocenters. The summed E-state index contributed by atoms with van der Waals surface area (Å²) in [6, 6.07) is 0.391. The molecule has 0 radical (unpaired) electrons. The van der Waals surface area contributed by atoms with Crippen molar-refractivity contribution in [2.45, 2.75) is 143 Å². The average molecular weight is 561 g/mol. The van der Waals surface area contributed by atoms with Crippen LogP contribution in [-0.4, -0.2) is 36.0 Å². The van der Waals surface area contributed by atoms with Crippen molar-refractivity contribution in [2.75, 3.05) is 18.8 Å². The molecular formula is C35H64N2OS. The van der Waals surface area contributed by atoms with E-state index < -0.39 is 0 Å². The van der Waals surface area contributed by atoms with Crippen molar-refractivity contribution in [1.29, 1.82) is 0 Å². The van der Waals surface area contributed by atoms with Gasteiger partial charge in [0.2, 0.25) is 5.91 Å². The number of rotatable bonds is 13. The first-order valence-electron chi connectivity index (χ1n) is 17.2. The molecule has 0 spiro atoms. The minimum Gasteiger partial charge on any atom is -0.352 e. The molecule has 2 N–H and O–H groups in total. The third-order valence-electron chi connectivity index (χ3n) is 12.5. The zero-order valence-electron chi connectivity index (χ0n) is 26.8. The van der Waals surface area contributed by atoms with Crippen molar-refractivity contribution >= 4 is 17.7 Å². The molecule has 39 heavy (non-hydrogen) atoms. The largest absolute Gasteiger partial charge is 0.352 e. The summed E-state index contributed by atoms with van der Waals surface area (Å²) in [5.41, 5.74) is 1.09. The Kier molecular flexibility index (Phi) is 11.2. The normalized spacial score (nSPS) is 38.8. The second-order valence-electron chi connectivity index (χ2n) is 15.7. The lowest BCUT2D eigenvalue weighted by Gasteiger charge is -2.61. The summed E-state index contributed by atoms with van der Waals surface area (Å²) in [4.78, 5) is 12.7. The number of carbonyl (C=O) groups is 1. The van der Waals surface area contributed by atoms with E-state index in [1.54, 1.807) is 0 Å². The highest BCUT2D eigenvalue weighted by atomic mass is 32.2. The van der Waals surface area contributed by atoms with Gasteiger partial charge in [-0.3, -0.25) is 4.79 Å². The SMILES string of the molecule is CC(C)CCC[C@H](C)[C@H]1CC[C@H]2[C@@H]3CC[C@H]4C[C@@H](NC(=O)CNCCCSC(C)C)CC[C@]4(C)[C@H]3CC[C@]12C. The van der Waals surface area contributed by atoms with Crippen molar-refractivity contribution < 1.29 is 4.79 Å². The number of fused-ring (bicyclic) bond motifs is 5. The van der Waals surface area contributed by atoms with E-state index in [0.717, 1.165) is 54.4 Å². The van der Waals surface area contributed by atoms with Gasteiger partial charge in [-0.25, -0.2) is 0 Å². The average Bonchev–Trinajstić information content (AvgIpc) is 3.23. The monoisotopic (exact) mass is 560 g/mol. The highest BCUT2D eigenvalue weighted by molar-refractivity contribution is 7.99. The Bertz CT molecular complexity index is 785. The van der Waals surface area contributed by atoms with Crippen LogP contribution >= 0.6 is 11.8 Å². The summed E-state index contributed by atoms with van der Waals surface area (Å²) >= 11 is 2.01. The summed E-state index contributed by atoms with van der Waals surface area (Å²) in [6.07, 6.45) is 17.9. The number of nitrogens with one attached hydrogen (secondary N) is 2. The van der Waals surface area contributed by atoms with Crippen LogP contribution in [0, 0.1) is 52.3 Å². The minimum absolute atomic E-state index is 0.210. The molecule has 4 rings (SSSR count). The molecule has 0 aliphatic heterocycles. The molecule has 0 bridgehead atoms. The molecule has 0 heterocycles. The lowest BCUT2D eigenvalue weighted by molar-refractivity contribution is -0.127. The maximum absolute atomic E-state index is 12.7. The molecule has 4 aliphatic carbocycles. The third kappa shape index (κ3) is 7.41. The summed E-state index contributed by atoms with van der Waals surface area (Å²) in [6.45, 7) is 18.7. The molecule has 4 saturated carbocycles. The summed E-state index contributed by atoms with van der Waals surface area (Å²) in [5, 5.41) is 7.50. The van der Waals surface area contributed by atoms with E-state index in [0.29, 0.717) is 28.7 Å². The molecule has 4 fully saturated rings. The summed E-state index contributed by atoms with van der Waals surface area (Å²) in [7, 11) is 0. The topological polar surface area (TPSA) is 41.1 Å². The Balaban J connectivity index is 1.26. The molecule has 0 aromatic heterocycles. The number of hydrogen-bond donors (Lipinski definition) is 2. The molecule has 0 aromatic rings. The fraction of sp³-hybridized carbons (Fsp3) is 0.971. The summed E-state index contributed by atoms with van der Waals surface area (Å²) < 4.78 is 0. The van der Waals surface area contributed by atoms with Gasteiger partial charge >= 0.3 is 0 Å². The van der Waals surface area contributed by atoms with Gasteiger partial charge in [0.05, 0.1) is 6.54 Å². The molecule has 3 nitrogen and oxygen atoms in total. The number of amides is 1. The third-order valence-corrected chi connectivity index (χ3v) is 13.7. The van der Waals surface area contributed by atoms with Gasteiger partial charge in [0.15, 0.2) is 0 Å². The fourth-order valence-corrected chi connectivity index (χ4v) is 11.2. The maximum atomic E-state index is 12.7. The Morgan fingerprint density at radius 2 is 1.62 bits per heavy atom. The van der Waals surface area contributed by atoms with Crippen LogP contribution in [0.4, 0.5) is 0 Å². The fourth-order valence-electron chi connectivity index (χ4n) is 10.4. The first-order chi connectivity index (χ1) is 18.5. The van der Waals surface area contributed by atoms with Gasteiger partial charge < -0.3 is 10.6 Å². The van der Waals surface area contributed by atoms with E-state index in [1.165, 1.54) is 82.8 Å². The first kappa shape index (κ1) is 31.7. The van der Waals surface area contributed by atoms with Crippen LogP contribution in [0.2, 0.25) is 0 Å². The smallest absolute Gasteiger partial charge is 0.234 e. The molecule has 0 aromatic carbocycles. The lowest BCUT2D eigenvalue weighted by atomic mass is 9.44. The highest BCUT2D eigenvalue weighted by Crippen LogP contribution is 2.68. The van der Waals surface area contributed by atoms with Crippen molar-refractivity contribution in [1.82, 2.24) is 10.6 Å². The Labute approximate surface area is 247 Å². The van der Waals surface area contributed by atoms with E-state index in [9.17, 15) is 4.79 Å². The molecule has 4 aliphatic rings. The van der Waals surface area contributed by atoms with Gasteiger partial charge in [-0.1, -0.05) is 67.7 Å². The molecule has 9 atom stereocenters. The van der Waals surface area contributed by atoms with Crippen molar-refractivity contribution in [3.05, 3.63) is 0 Å². The number of thioether (sulfide) groups is 1. The van der Waals surface area contributed by atoms with Crippen LogP contribution in [-0.2, 0) is 4.79 Å². The van der Waals surface area contributed by atoms with Crippen LogP contribution in [0.15, 0.2) is 0 Å². The Morgan fingerprint density at radius 3 is 2.36 bits per heavy atom. The molecular weight excluding hydrogens is 496 g/mol. The van der Waals surface area contributed by atoms with Gasteiger partial charge in [-0.05, 0) is 134 Å². The minimum atomic E-state index is 0.210. The standard InChI is InChI=1S/C35H64N2OS/c1-24(2)10-8-11-26(5)30-14-15-31-29-13-12-27-22-28(37-33(38)23-36-20-9-21-39-25(3)4)16-18-34(27,6)32(29)17-19-35(30,31)7/h24-32,36H,8-23H2,1-7H3,(H,37,38)/t26-,27-,28-,29-,30+,31-,32-,34-,35+/m0/s1. The Hall–Kier alpha value is -0.220. The van der Waals surface area contributed by atoms with Gasteiger partial charge in [0, 0.05) is 6.04 Å². The van der Waals surface area contributed by atoms with Gasteiger partial charge in [-0.15, -0.1) is 0 Å². The predicted molar refractivity (Wildman–Crippen MR) is 170 cm³/mol. The number of hydrogen-bond acceptors (Lipinski definition) is 3. The van der Waals surface area contributed by atoms with E-state index in [1.807, 2.05) is 11.8 Å². The van der Waals surface area contributed by atoms with Crippen molar-refractivity contribution in [2.24, 2.45) is 52.3 Å². The first-order valence-corrected chi connectivity index (χ1v) is 18.2. The van der Waals surface area contributed by atoms with Crippen LogP contribution in [0.25, 0.3) is 0 Å². The van der Waals surface area contributed by atoms with E-state index in [4.69, 9.17) is 0 Å². The zero-order chi connectivity index (χ0) is 28.2. The van der Waals surface area contributed by atoms with Crippen LogP contribution in [0.3, 0.4) is 0 Å². The van der Waals surface area contributed by atoms with E-state index in [-0.39, 0.29) is 5.91 Å². The second kappa shape index (κ2) is 13.8. The van der Waals surface area contributed by atoms with Crippen molar-refractivity contribution in [3.8, 4) is 0 Å². The lowest BCUT2D eigenvalue weighted by Crippen LogP contribution is -2.56. The predicted octanol–water partition coefficient (Wildman–Crippen LogP) is 8.71. The maximum Gasteiger partial charge on any atom is 0.234 e. The van der Waals surface area contributed by atoms with Crippen LogP contribution < -0.4 is 10.6 Å². The number of carbonyl (C=O) groups excluding carboxylic acids is 1. The van der Waals surface area contributed by atoms with Gasteiger partial charge in [0.25, 0.3) is 0 Å². The Morgan fingerprint density at radius 1 is 0.872 bits per heavy atom. The molecule has 4 heteroatoms. The van der Waals surface area contributed by atoms with Crippen molar-refractivity contribution in [3.63, 3.8) is 0 Å². The van der Waals surface area contributed by atoms with E-state index >= 15 is 0 Å². The summed E-state index contributed by atoms with van der Waals surface area (Å²) in [5.74, 6) is 7.73.